The maximum absolute atomic E-state index is 11.0. The molecule has 0 saturated carbocycles. The third-order valence-corrected chi connectivity index (χ3v) is 5.05. The molecule has 37 heavy (non-hydrogen) atoms. The molecule has 2 heterocycles. The van der Waals surface area contributed by atoms with E-state index in [0.717, 1.165) is 12.4 Å². The Bertz CT molecular complexity index is 1320. The second-order valence-electron chi connectivity index (χ2n) is 7.57. The molecule has 4 rings (SSSR count). The first-order chi connectivity index (χ1) is 17.8. The fourth-order valence-electron chi connectivity index (χ4n) is 3.16. The first-order valence-electron chi connectivity index (χ1n) is 10.9. The molecule has 0 unspecified atom stereocenters. The average molecular weight is 504 g/mol. The molecule has 0 atom stereocenters. The van der Waals surface area contributed by atoms with Gasteiger partial charge in [-0.05, 0) is 48.5 Å². The number of aromatic carboxylic acids is 2. The lowest BCUT2D eigenvalue weighted by molar-refractivity contribution is 0.0681. The molecule has 0 spiro atoms. The van der Waals surface area contributed by atoms with Gasteiger partial charge in [-0.2, -0.15) is 9.97 Å². The molecule has 0 aliphatic rings. The number of carboxylic acid groups (broad SMARTS) is 2. The second kappa shape index (κ2) is 11.0. The lowest BCUT2D eigenvalue weighted by atomic mass is 10.2. The number of carbonyl (C=O) groups is 2. The van der Waals surface area contributed by atoms with Gasteiger partial charge in [-0.1, -0.05) is 0 Å². The van der Waals surface area contributed by atoms with Gasteiger partial charge in [-0.3, -0.25) is 0 Å². The topological polar surface area (TPSA) is 185 Å². The predicted molar refractivity (Wildman–Crippen MR) is 128 cm³/mol. The zero-order chi connectivity index (χ0) is 26.4. The van der Waals surface area contributed by atoms with Crippen LogP contribution < -0.4 is 9.47 Å². The van der Waals surface area contributed by atoms with Gasteiger partial charge in [0.05, 0.1) is 13.2 Å². The van der Waals surface area contributed by atoms with Crippen LogP contribution in [0.1, 0.15) is 27.1 Å². The van der Waals surface area contributed by atoms with Crippen molar-refractivity contribution >= 4 is 11.9 Å². The first-order valence-corrected chi connectivity index (χ1v) is 10.9. The summed E-state index contributed by atoms with van der Waals surface area (Å²) in [6.07, 6.45) is 2.70. The van der Waals surface area contributed by atoms with Crippen LogP contribution in [-0.2, 0) is 0 Å². The first kappa shape index (κ1) is 24.9. The summed E-state index contributed by atoms with van der Waals surface area (Å²) < 4.78 is 11.4. The fraction of sp³-hybridized carbons (Fsp3) is 0.120. The number of aromatic nitrogens is 4. The summed E-state index contributed by atoms with van der Waals surface area (Å²) in [5, 5.41) is 37.3. The summed E-state index contributed by atoms with van der Waals surface area (Å²) in [7, 11) is 0. The molecule has 0 radical (unpaired) electrons. The van der Waals surface area contributed by atoms with Gasteiger partial charge in [0.1, 0.15) is 22.6 Å². The van der Waals surface area contributed by atoms with E-state index in [-0.39, 0.29) is 22.8 Å². The Hall–Kier alpha value is -5.26. The molecule has 0 aliphatic carbocycles. The van der Waals surface area contributed by atoms with Gasteiger partial charge >= 0.3 is 11.9 Å². The summed E-state index contributed by atoms with van der Waals surface area (Å²) in [5.74, 6) is -2.23. The summed E-state index contributed by atoms with van der Waals surface area (Å²) >= 11 is 0. The Morgan fingerprint density at radius 1 is 0.649 bits per heavy atom. The molecule has 0 bridgehead atoms. The van der Waals surface area contributed by atoms with Crippen LogP contribution in [0.25, 0.3) is 22.8 Å². The summed E-state index contributed by atoms with van der Waals surface area (Å²) in [6, 6.07) is 13.6. The van der Waals surface area contributed by atoms with E-state index in [1.807, 2.05) is 0 Å². The van der Waals surface area contributed by atoms with Gasteiger partial charge in [-0.15, -0.1) is 0 Å². The zero-order valence-electron chi connectivity index (χ0n) is 19.1. The standard InChI is InChI=1S/C25H20N4O8/c30-22-18(24(32)33)12-26-20(28-22)14-2-6-16(7-3-14)36-10-1-11-37-17-8-4-15(5-9-17)21-27-13-19(25(34)35)23(31)29-21/h2-9,12-13H,1,10-11H2,(H,32,33)(H,34,35)(H,26,28,30)(H,27,29,31). The number of rotatable bonds is 10. The maximum atomic E-state index is 11.0. The van der Waals surface area contributed by atoms with E-state index in [2.05, 4.69) is 19.9 Å². The van der Waals surface area contributed by atoms with E-state index < -0.39 is 23.7 Å². The van der Waals surface area contributed by atoms with Crippen LogP contribution >= 0.6 is 0 Å². The second-order valence-corrected chi connectivity index (χ2v) is 7.57. The van der Waals surface area contributed by atoms with Crippen molar-refractivity contribution in [1.82, 2.24) is 19.9 Å². The molecule has 12 heteroatoms. The molecule has 2 aromatic heterocycles. The van der Waals surface area contributed by atoms with Crippen molar-refractivity contribution in [3.63, 3.8) is 0 Å². The van der Waals surface area contributed by atoms with E-state index in [1.165, 1.54) is 0 Å². The minimum Gasteiger partial charge on any atom is -0.493 e. The number of carboxylic acids is 2. The van der Waals surface area contributed by atoms with Crippen LogP contribution in [0.5, 0.6) is 23.3 Å². The van der Waals surface area contributed by atoms with Crippen LogP contribution in [0.3, 0.4) is 0 Å². The van der Waals surface area contributed by atoms with Gasteiger partial charge in [0.2, 0.25) is 11.8 Å². The van der Waals surface area contributed by atoms with E-state index in [1.54, 1.807) is 48.5 Å². The minimum atomic E-state index is -1.31. The Morgan fingerprint density at radius 2 is 1.03 bits per heavy atom. The van der Waals surface area contributed by atoms with Gasteiger partial charge in [0.15, 0.2) is 11.6 Å². The third-order valence-electron chi connectivity index (χ3n) is 5.05. The minimum absolute atomic E-state index is 0.189. The van der Waals surface area contributed by atoms with Crippen LogP contribution in [0.2, 0.25) is 0 Å². The normalized spacial score (nSPS) is 10.6. The highest BCUT2D eigenvalue weighted by Crippen LogP contribution is 2.24. The van der Waals surface area contributed by atoms with E-state index in [4.69, 9.17) is 19.7 Å². The van der Waals surface area contributed by atoms with E-state index in [9.17, 15) is 19.8 Å². The molecule has 4 aromatic rings. The highest BCUT2D eigenvalue weighted by molar-refractivity contribution is 5.90. The van der Waals surface area contributed by atoms with Crippen molar-refractivity contribution < 1.29 is 39.5 Å². The molecule has 12 nitrogen and oxygen atoms in total. The number of hydrogen-bond acceptors (Lipinski definition) is 10. The van der Waals surface area contributed by atoms with Crippen molar-refractivity contribution in [3.05, 3.63) is 72.1 Å². The number of benzene rings is 2. The summed E-state index contributed by atoms with van der Waals surface area (Å²) in [4.78, 5) is 37.5. The molecule has 0 saturated heterocycles. The highest BCUT2D eigenvalue weighted by Gasteiger charge is 2.14. The molecule has 2 aromatic carbocycles. The molecule has 4 N–H and O–H groups in total. The van der Waals surface area contributed by atoms with Gasteiger partial charge < -0.3 is 29.9 Å². The lowest BCUT2D eigenvalue weighted by Gasteiger charge is -2.09. The van der Waals surface area contributed by atoms with Crippen molar-refractivity contribution in [2.45, 2.75) is 6.42 Å². The van der Waals surface area contributed by atoms with E-state index >= 15 is 0 Å². The number of ether oxygens (including phenoxy) is 2. The Balaban J connectivity index is 1.23. The zero-order valence-corrected chi connectivity index (χ0v) is 19.1. The van der Waals surface area contributed by atoms with Crippen molar-refractivity contribution in [3.8, 4) is 46.0 Å². The molecular formula is C25H20N4O8. The summed E-state index contributed by atoms with van der Waals surface area (Å²) in [6.45, 7) is 0.788. The lowest BCUT2D eigenvalue weighted by Crippen LogP contribution is -2.05. The predicted octanol–water partition coefficient (Wildman–Crippen LogP) is 3.26. The monoisotopic (exact) mass is 504 g/mol. The molecule has 0 aliphatic heterocycles. The van der Waals surface area contributed by atoms with Gasteiger partial charge in [0.25, 0.3) is 0 Å². The number of nitrogens with zero attached hydrogens (tertiary/aromatic N) is 4. The maximum Gasteiger partial charge on any atom is 0.342 e. The smallest absolute Gasteiger partial charge is 0.342 e. The van der Waals surface area contributed by atoms with Crippen LogP contribution in [-0.4, -0.2) is 65.5 Å². The quantitative estimate of drug-likeness (QED) is 0.231. The molecule has 0 fully saturated rings. The van der Waals surface area contributed by atoms with Crippen LogP contribution in [0, 0.1) is 0 Å². The Labute approximate surface area is 209 Å². The van der Waals surface area contributed by atoms with Crippen molar-refractivity contribution in [2.75, 3.05) is 13.2 Å². The Kier molecular flexibility index (Phi) is 7.38. The third kappa shape index (κ3) is 6.06. The van der Waals surface area contributed by atoms with Gasteiger partial charge in [-0.25, -0.2) is 19.6 Å². The van der Waals surface area contributed by atoms with E-state index in [0.29, 0.717) is 42.3 Å². The number of hydrogen-bond donors (Lipinski definition) is 4. The number of aromatic hydroxyl groups is 2. The fourth-order valence-corrected chi connectivity index (χ4v) is 3.16. The Morgan fingerprint density at radius 3 is 1.35 bits per heavy atom. The van der Waals surface area contributed by atoms with Crippen LogP contribution in [0.15, 0.2) is 60.9 Å². The average Bonchev–Trinajstić information content (AvgIpc) is 2.88. The highest BCUT2D eigenvalue weighted by atomic mass is 16.5. The molecule has 188 valence electrons. The molecule has 0 amide bonds. The van der Waals surface area contributed by atoms with Crippen molar-refractivity contribution in [1.29, 1.82) is 0 Å². The summed E-state index contributed by atoms with van der Waals surface area (Å²) in [5.41, 5.74) is 0.432. The SMILES string of the molecule is O=C(O)c1cnc(-c2ccc(OCCCOc3ccc(-c4ncc(C(=O)O)c(O)n4)cc3)cc2)nc1O. The van der Waals surface area contributed by atoms with Gasteiger partial charge in [0, 0.05) is 29.9 Å². The van der Waals surface area contributed by atoms with Crippen molar-refractivity contribution in [2.24, 2.45) is 0 Å². The van der Waals surface area contributed by atoms with Crippen LogP contribution in [0.4, 0.5) is 0 Å². The largest absolute Gasteiger partial charge is 0.493 e. The molecular weight excluding hydrogens is 484 g/mol.